The maximum Gasteiger partial charge on any atom is 0.254 e. The Morgan fingerprint density at radius 2 is 2.00 bits per heavy atom. The van der Waals surface area contributed by atoms with Gasteiger partial charge in [0.2, 0.25) is 5.91 Å². The van der Waals surface area contributed by atoms with E-state index < -0.39 is 0 Å². The second-order valence-electron chi connectivity index (χ2n) is 5.05. The molecule has 2 aromatic rings. The molecule has 2 rings (SSSR count). The summed E-state index contributed by atoms with van der Waals surface area (Å²) in [5.41, 5.74) is 1.66. The fourth-order valence-corrected chi connectivity index (χ4v) is 2.83. The van der Waals surface area contributed by atoms with Gasteiger partial charge in [-0.15, -0.1) is 0 Å². The summed E-state index contributed by atoms with van der Waals surface area (Å²) in [6.07, 6.45) is 1.47. The Labute approximate surface area is 145 Å². The maximum atomic E-state index is 12.5. The molecule has 0 aliphatic heterocycles. The van der Waals surface area contributed by atoms with Crippen LogP contribution in [0.25, 0.3) is 0 Å². The van der Waals surface area contributed by atoms with Gasteiger partial charge in [-0.3, -0.25) is 14.7 Å². The molecule has 0 radical (unpaired) electrons. The van der Waals surface area contributed by atoms with Crippen LogP contribution in [0.2, 0.25) is 0 Å². The third-order valence-electron chi connectivity index (χ3n) is 3.35. The fourth-order valence-electron chi connectivity index (χ4n) is 2.10. The van der Waals surface area contributed by atoms with Crippen LogP contribution in [0.1, 0.15) is 29.8 Å². The van der Waals surface area contributed by atoms with Crippen molar-refractivity contribution in [2.24, 2.45) is 0 Å². The van der Waals surface area contributed by atoms with E-state index in [0.29, 0.717) is 18.7 Å². The molecule has 1 aromatic heterocycles. The van der Waals surface area contributed by atoms with Gasteiger partial charge in [0.15, 0.2) is 5.16 Å². The predicted molar refractivity (Wildman–Crippen MR) is 92.6 cm³/mol. The average molecular weight is 347 g/mol. The van der Waals surface area contributed by atoms with Crippen LogP contribution in [0, 0.1) is 0 Å². The van der Waals surface area contributed by atoms with Crippen molar-refractivity contribution in [3.63, 3.8) is 0 Å². The molecule has 2 amide bonds. The molecule has 1 heterocycles. The van der Waals surface area contributed by atoms with Crippen LogP contribution in [0.3, 0.4) is 0 Å². The first-order chi connectivity index (χ1) is 11.6. The summed E-state index contributed by atoms with van der Waals surface area (Å²) in [4.78, 5) is 29.7. The zero-order valence-corrected chi connectivity index (χ0v) is 14.6. The van der Waals surface area contributed by atoms with Gasteiger partial charge < -0.3 is 10.2 Å². The molecule has 0 saturated heterocycles. The van der Waals surface area contributed by atoms with Crippen molar-refractivity contribution in [2.45, 2.75) is 24.8 Å². The molecule has 0 aliphatic rings. The Hall–Kier alpha value is -2.35. The first-order valence-corrected chi connectivity index (χ1v) is 8.75. The molecular weight excluding hydrogens is 326 g/mol. The third kappa shape index (κ3) is 5.09. The lowest BCUT2D eigenvalue weighted by Gasteiger charge is -2.20. The summed E-state index contributed by atoms with van der Waals surface area (Å²) in [5, 5.41) is 10.1. The lowest BCUT2D eigenvalue weighted by Crippen LogP contribution is -2.40. The molecule has 0 bridgehead atoms. The molecule has 0 spiro atoms. The second-order valence-corrected chi connectivity index (χ2v) is 6.01. The molecule has 2 N–H and O–H groups in total. The van der Waals surface area contributed by atoms with Crippen LogP contribution in [0.5, 0.6) is 0 Å². The number of H-pyrrole nitrogens is 1. The minimum absolute atomic E-state index is 0.0757. The SMILES string of the molecule is CCNC(=O)CN(CC)C(=O)c1ccc(CSc2ncn[nH]2)cc1. The van der Waals surface area contributed by atoms with Crippen LogP contribution in [0.15, 0.2) is 35.7 Å². The Morgan fingerprint density at radius 1 is 1.25 bits per heavy atom. The van der Waals surface area contributed by atoms with Crippen LogP contribution in [-0.4, -0.2) is 51.5 Å². The highest BCUT2D eigenvalue weighted by Crippen LogP contribution is 2.18. The van der Waals surface area contributed by atoms with E-state index in [-0.39, 0.29) is 18.4 Å². The topological polar surface area (TPSA) is 91.0 Å². The first kappa shape index (κ1) is 18.0. The Balaban J connectivity index is 1.95. The number of thioether (sulfide) groups is 1. The highest BCUT2D eigenvalue weighted by molar-refractivity contribution is 7.98. The van der Waals surface area contributed by atoms with Gasteiger partial charge in [-0.2, -0.15) is 5.10 Å². The van der Waals surface area contributed by atoms with Crippen molar-refractivity contribution < 1.29 is 9.59 Å². The molecule has 1 aromatic carbocycles. The number of carbonyl (C=O) groups is 2. The Morgan fingerprint density at radius 3 is 2.58 bits per heavy atom. The van der Waals surface area contributed by atoms with E-state index in [9.17, 15) is 9.59 Å². The van der Waals surface area contributed by atoms with Crippen LogP contribution in [-0.2, 0) is 10.5 Å². The van der Waals surface area contributed by atoms with Gasteiger partial charge in [0.05, 0.1) is 6.54 Å². The number of carbonyl (C=O) groups excluding carboxylic acids is 2. The summed E-state index contributed by atoms with van der Waals surface area (Å²) in [6.45, 7) is 4.83. The summed E-state index contributed by atoms with van der Waals surface area (Å²) >= 11 is 1.54. The van der Waals surface area contributed by atoms with E-state index in [4.69, 9.17) is 0 Å². The molecule has 0 atom stereocenters. The van der Waals surface area contributed by atoms with Crippen LogP contribution >= 0.6 is 11.8 Å². The zero-order valence-electron chi connectivity index (χ0n) is 13.8. The molecule has 0 aliphatic carbocycles. The minimum atomic E-state index is -0.146. The van der Waals surface area contributed by atoms with Crippen LogP contribution < -0.4 is 5.32 Å². The summed E-state index contributed by atoms with van der Waals surface area (Å²) < 4.78 is 0. The highest BCUT2D eigenvalue weighted by Gasteiger charge is 2.16. The monoisotopic (exact) mass is 347 g/mol. The van der Waals surface area contributed by atoms with E-state index in [0.717, 1.165) is 16.5 Å². The van der Waals surface area contributed by atoms with E-state index in [1.54, 1.807) is 23.9 Å². The Bertz CT molecular complexity index is 658. The van der Waals surface area contributed by atoms with Gasteiger partial charge in [-0.05, 0) is 31.5 Å². The number of aromatic nitrogens is 3. The number of likely N-dealkylation sites (N-methyl/N-ethyl adjacent to an activating group) is 2. The number of nitrogens with zero attached hydrogens (tertiary/aromatic N) is 3. The van der Waals surface area contributed by atoms with Crippen molar-refractivity contribution in [2.75, 3.05) is 19.6 Å². The molecule has 0 unspecified atom stereocenters. The summed E-state index contributed by atoms with van der Waals surface area (Å²) in [5.74, 6) is 0.450. The number of benzene rings is 1. The van der Waals surface area contributed by atoms with E-state index >= 15 is 0 Å². The summed E-state index contributed by atoms with van der Waals surface area (Å²) in [7, 11) is 0. The maximum absolute atomic E-state index is 12.5. The number of hydrogen-bond donors (Lipinski definition) is 2. The number of aromatic amines is 1. The molecule has 0 saturated carbocycles. The molecule has 7 nitrogen and oxygen atoms in total. The van der Waals surface area contributed by atoms with Crippen molar-refractivity contribution in [3.05, 3.63) is 41.7 Å². The summed E-state index contributed by atoms with van der Waals surface area (Å²) in [6, 6.07) is 7.41. The molecular formula is C16H21N5O2S. The van der Waals surface area contributed by atoms with Crippen LogP contribution in [0.4, 0.5) is 0 Å². The zero-order chi connectivity index (χ0) is 17.4. The lowest BCUT2D eigenvalue weighted by molar-refractivity contribution is -0.121. The van der Waals surface area contributed by atoms with Gasteiger partial charge in [0.1, 0.15) is 6.33 Å². The molecule has 24 heavy (non-hydrogen) atoms. The molecule has 0 fully saturated rings. The van der Waals surface area contributed by atoms with Gasteiger partial charge in [0.25, 0.3) is 5.91 Å². The van der Waals surface area contributed by atoms with Crippen molar-refractivity contribution in [3.8, 4) is 0 Å². The molecule has 8 heteroatoms. The average Bonchev–Trinajstić information content (AvgIpc) is 3.11. The quantitative estimate of drug-likeness (QED) is 0.709. The number of nitrogens with one attached hydrogen (secondary N) is 2. The third-order valence-corrected chi connectivity index (χ3v) is 4.29. The van der Waals surface area contributed by atoms with Crippen molar-refractivity contribution in [1.82, 2.24) is 25.4 Å². The fraction of sp³-hybridized carbons (Fsp3) is 0.375. The predicted octanol–water partition coefficient (Wildman–Crippen LogP) is 1.70. The standard InChI is InChI=1S/C16H21N5O2S/c1-3-17-14(22)9-21(4-2)15(23)13-7-5-12(6-8-13)10-24-16-18-11-19-20-16/h5-8,11H,3-4,9-10H2,1-2H3,(H,17,22)(H,18,19,20). The normalized spacial score (nSPS) is 10.4. The number of amides is 2. The van der Waals surface area contributed by atoms with Crippen molar-refractivity contribution >= 4 is 23.6 Å². The second kappa shape index (κ2) is 9.07. The smallest absolute Gasteiger partial charge is 0.254 e. The number of rotatable bonds is 8. The van der Waals surface area contributed by atoms with E-state index in [1.165, 1.54) is 11.2 Å². The van der Waals surface area contributed by atoms with Crippen molar-refractivity contribution in [1.29, 1.82) is 0 Å². The van der Waals surface area contributed by atoms with E-state index in [1.807, 2.05) is 26.0 Å². The van der Waals surface area contributed by atoms with E-state index in [2.05, 4.69) is 20.5 Å². The highest BCUT2D eigenvalue weighted by atomic mass is 32.2. The number of hydrogen-bond acceptors (Lipinski definition) is 5. The molecule has 128 valence electrons. The first-order valence-electron chi connectivity index (χ1n) is 7.77. The van der Waals surface area contributed by atoms with Gasteiger partial charge >= 0.3 is 0 Å². The van der Waals surface area contributed by atoms with Gasteiger partial charge in [-0.25, -0.2) is 4.98 Å². The minimum Gasteiger partial charge on any atom is -0.355 e. The van der Waals surface area contributed by atoms with Gasteiger partial charge in [0, 0.05) is 24.4 Å². The largest absolute Gasteiger partial charge is 0.355 e. The van der Waals surface area contributed by atoms with Gasteiger partial charge in [-0.1, -0.05) is 23.9 Å². The Kier molecular flexibility index (Phi) is 6.80. The lowest BCUT2D eigenvalue weighted by atomic mass is 10.1.